The number of nitrogens with two attached hydrogens (primary N) is 1. The monoisotopic (exact) mass is 353 g/mol. The van der Waals surface area contributed by atoms with Crippen LogP contribution in [0.15, 0.2) is 28.7 Å². The molecule has 0 saturated heterocycles. The molecule has 2 rings (SSSR count). The Hall–Kier alpha value is -1.40. The predicted molar refractivity (Wildman–Crippen MR) is 86.9 cm³/mol. The lowest BCUT2D eigenvalue weighted by Crippen LogP contribution is -2.09. The second-order valence-electron chi connectivity index (χ2n) is 4.36. The standard InChI is InChI=1S/C14H16BrN3OS/c1-3-11-13(15)12(18(2)17-11)8-19-10-6-4-9(5-7-10)14(16)20/h4-7H,3,8H2,1-2H3,(H2,16,20). The van der Waals surface area contributed by atoms with Crippen molar-refractivity contribution in [1.29, 1.82) is 0 Å². The summed E-state index contributed by atoms with van der Waals surface area (Å²) in [5, 5.41) is 4.43. The highest BCUT2D eigenvalue weighted by molar-refractivity contribution is 9.10. The Kier molecular flexibility index (Phi) is 4.77. The van der Waals surface area contributed by atoms with Crippen LogP contribution >= 0.6 is 28.1 Å². The van der Waals surface area contributed by atoms with Crippen LogP contribution in [0.3, 0.4) is 0 Å². The Morgan fingerprint density at radius 2 is 2.05 bits per heavy atom. The summed E-state index contributed by atoms with van der Waals surface area (Å²) in [6, 6.07) is 7.43. The van der Waals surface area contributed by atoms with Crippen molar-refractivity contribution in [2.45, 2.75) is 20.0 Å². The minimum atomic E-state index is 0.388. The van der Waals surface area contributed by atoms with Crippen LogP contribution in [0.2, 0.25) is 0 Å². The minimum absolute atomic E-state index is 0.388. The van der Waals surface area contributed by atoms with E-state index in [4.69, 9.17) is 22.7 Å². The van der Waals surface area contributed by atoms with Gasteiger partial charge in [-0.2, -0.15) is 5.10 Å². The maximum absolute atomic E-state index is 5.77. The molecule has 0 bridgehead atoms. The average Bonchev–Trinajstić information content (AvgIpc) is 2.71. The molecule has 0 aliphatic heterocycles. The Bertz CT molecular complexity index is 622. The third-order valence-corrected chi connectivity index (χ3v) is 4.17. The summed E-state index contributed by atoms with van der Waals surface area (Å²) in [4.78, 5) is 0.388. The molecule has 20 heavy (non-hydrogen) atoms. The summed E-state index contributed by atoms with van der Waals surface area (Å²) in [5.74, 6) is 0.774. The van der Waals surface area contributed by atoms with E-state index in [1.807, 2.05) is 36.0 Å². The van der Waals surface area contributed by atoms with Gasteiger partial charge in [0.25, 0.3) is 0 Å². The lowest BCUT2D eigenvalue weighted by molar-refractivity contribution is 0.294. The van der Waals surface area contributed by atoms with Gasteiger partial charge in [0.05, 0.1) is 15.9 Å². The fourth-order valence-electron chi connectivity index (χ4n) is 1.84. The number of aryl methyl sites for hydroxylation is 2. The molecule has 0 aliphatic rings. The van der Waals surface area contributed by atoms with E-state index in [1.54, 1.807) is 0 Å². The Morgan fingerprint density at radius 3 is 2.55 bits per heavy atom. The molecule has 1 heterocycles. The molecule has 6 heteroatoms. The van der Waals surface area contributed by atoms with Gasteiger partial charge in [0.1, 0.15) is 17.3 Å². The van der Waals surface area contributed by atoms with Gasteiger partial charge in [0.2, 0.25) is 0 Å². The zero-order chi connectivity index (χ0) is 14.7. The number of ether oxygens (including phenoxy) is 1. The number of rotatable bonds is 5. The SMILES string of the molecule is CCc1nn(C)c(COc2ccc(C(N)=S)cc2)c1Br. The molecule has 0 atom stereocenters. The maximum atomic E-state index is 5.77. The van der Waals surface area contributed by atoms with Gasteiger partial charge in [-0.25, -0.2) is 0 Å². The fourth-order valence-corrected chi connectivity index (χ4v) is 2.71. The summed E-state index contributed by atoms with van der Waals surface area (Å²) in [7, 11) is 1.92. The van der Waals surface area contributed by atoms with Crippen molar-refractivity contribution < 1.29 is 4.74 Å². The summed E-state index contributed by atoms with van der Waals surface area (Å²) < 4.78 is 8.63. The molecule has 0 aliphatic carbocycles. The van der Waals surface area contributed by atoms with Crippen LogP contribution in [0.25, 0.3) is 0 Å². The van der Waals surface area contributed by atoms with E-state index in [9.17, 15) is 0 Å². The molecule has 2 aromatic rings. The zero-order valence-electron chi connectivity index (χ0n) is 11.4. The van der Waals surface area contributed by atoms with Crippen molar-refractivity contribution in [3.8, 4) is 5.75 Å². The number of thiocarbonyl (C=S) groups is 1. The maximum Gasteiger partial charge on any atom is 0.131 e. The molecule has 0 radical (unpaired) electrons. The number of halogens is 1. The fraction of sp³-hybridized carbons (Fsp3) is 0.286. The summed E-state index contributed by atoms with van der Waals surface area (Å²) >= 11 is 8.49. The number of aromatic nitrogens is 2. The molecular weight excluding hydrogens is 338 g/mol. The molecule has 106 valence electrons. The van der Waals surface area contributed by atoms with Gasteiger partial charge in [-0.15, -0.1) is 0 Å². The third kappa shape index (κ3) is 3.19. The van der Waals surface area contributed by atoms with Crippen LogP contribution in [0.4, 0.5) is 0 Å². The first-order valence-corrected chi connectivity index (χ1v) is 7.46. The normalized spacial score (nSPS) is 10.6. The van der Waals surface area contributed by atoms with Crippen LogP contribution in [0, 0.1) is 0 Å². The highest BCUT2D eigenvalue weighted by atomic mass is 79.9. The van der Waals surface area contributed by atoms with Gasteiger partial charge in [0.15, 0.2) is 0 Å². The summed E-state index contributed by atoms with van der Waals surface area (Å²) in [6.45, 7) is 2.53. The Labute approximate surface area is 132 Å². The molecule has 2 N–H and O–H groups in total. The zero-order valence-corrected chi connectivity index (χ0v) is 13.8. The van der Waals surface area contributed by atoms with Crippen molar-refractivity contribution in [2.75, 3.05) is 0 Å². The number of nitrogens with zero attached hydrogens (tertiary/aromatic N) is 2. The molecular formula is C14H16BrN3OS. The highest BCUT2D eigenvalue weighted by Crippen LogP contribution is 2.23. The van der Waals surface area contributed by atoms with Crippen LogP contribution in [-0.4, -0.2) is 14.8 Å². The van der Waals surface area contributed by atoms with Gasteiger partial charge < -0.3 is 10.5 Å². The molecule has 0 spiro atoms. The third-order valence-electron chi connectivity index (χ3n) is 3.02. The van der Waals surface area contributed by atoms with Crippen LogP contribution in [-0.2, 0) is 20.1 Å². The van der Waals surface area contributed by atoms with Gasteiger partial charge in [-0.3, -0.25) is 4.68 Å². The van der Waals surface area contributed by atoms with E-state index in [0.29, 0.717) is 11.6 Å². The Morgan fingerprint density at radius 1 is 1.40 bits per heavy atom. The molecule has 0 unspecified atom stereocenters. The molecule has 0 fully saturated rings. The van der Waals surface area contributed by atoms with Crippen molar-refractivity contribution in [2.24, 2.45) is 12.8 Å². The lowest BCUT2D eigenvalue weighted by atomic mass is 10.2. The molecule has 1 aromatic carbocycles. The number of hydrogen-bond donors (Lipinski definition) is 1. The van der Waals surface area contributed by atoms with Crippen molar-refractivity contribution in [1.82, 2.24) is 9.78 Å². The lowest BCUT2D eigenvalue weighted by Gasteiger charge is -2.07. The molecule has 1 aromatic heterocycles. The summed E-state index contributed by atoms with van der Waals surface area (Å²) in [5.41, 5.74) is 8.45. The van der Waals surface area contributed by atoms with E-state index in [-0.39, 0.29) is 0 Å². The van der Waals surface area contributed by atoms with Gasteiger partial charge >= 0.3 is 0 Å². The largest absolute Gasteiger partial charge is 0.487 e. The average molecular weight is 354 g/mol. The quantitative estimate of drug-likeness (QED) is 0.839. The highest BCUT2D eigenvalue weighted by Gasteiger charge is 2.12. The molecule has 0 saturated carbocycles. The first-order chi connectivity index (χ1) is 9.52. The van der Waals surface area contributed by atoms with E-state index in [1.165, 1.54) is 0 Å². The first kappa shape index (κ1) is 15.0. The van der Waals surface area contributed by atoms with Crippen molar-refractivity contribution >= 4 is 33.1 Å². The first-order valence-electron chi connectivity index (χ1n) is 6.25. The smallest absolute Gasteiger partial charge is 0.131 e. The van der Waals surface area contributed by atoms with E-state index in [0.717, 1.165) is 33.6 Å². The Balaban J connectivity index is 2.09. The van der Waals surface area contributed by atoms with Gasteiger partial charge in [-0.1, -0.05) is 19.1 Å². The number of hydrogen-bond acceptors (Lipinski definition) is 3. The second-order valence-corrected chi connectivity index (χ2v) is 5.59. The van der Waals surface area contributed by atoms with Crippen molar-refractivity contribution in [3.63, 3.8) is 0 Å². The van der Waals surface area contributed by atoms with Crippen LogP contribution in [0.5, 0.6) is 5.75 Å². The molecule has 4 nitrogen and oxygen atoms in total. The van der Waals surface area contributed by atoms with E-state index in [2.05, 4.69) is 28.0 Å². The predicted octanol–water partition coefficient (Wildman–Crippen LogP) is 2.96. The molecule has 0 amide bonds. The van der Waals surface area contributed by atoms with E-state index >= 15 is 0 Å². The second kappa shape index (κ2) is 6.37. The van der Waals surface area contributed by atoms with Crippen LogP contribution < -0.4 is 10.5 Å². The van der Waals surface area contributed by atoms with Crippen LogP contribution in [0.1, 0.15) is 23.9 Å². The topological polar surface area (TPSA) is 53.1 Å². The van der Waals surface area contributed by atoms with E-state index < -0.39 is 0 Å². The minimum Gasteiger partial charge on any atom is -0.487 e. The van der Waals surface area contributed by atoms with Gasteiger partial charge in [-0.05, 0) is 46.6 Å². The summed E-state index contributed by atoms with van der Waals surface area (Å²) in [6.07, 6.45) is 0.886. The van der Waals surface area contributed by atoms with Gasteiger partial charge in [0, 0.05) is 12.6 Å². The number of benzene rings is 1. The van der Waals surface area contributed by atoms with Crippen molar-refractivity contribution in [3.05, 3.63) is 45.7 Å².